The Labute approximate surface area is 318 Å². The molecule has 0 aliphatic heterocycles. The molecule has 0 fully saturated rings. The van der Waals surface area contributed by atoms with Crippen molar-refractivity contribution < 1.29 is 39.4 Å². The summed E-state index contributed by atoms with van der Waals surface area (Å²) in [7, 11) is -7.66. The topological polar surface area (TPSA) is 161 Å². The molecular formula is C39H26ClF3N4O6S2. The van der Waals surface area contributed by atoms with Gasteiger partial charge in [-0.05, 0) is 66.2 Å². The third-order valence-corrected chi connectivity index (χ3v) is 11.5. The molecule has 5 aromatic carbocycles. The highest BCUT2D eigenvalue weighted by Crippen LogP contribution is 2.46. The molecule has 1 amide bonds. The minimum atomic E-state index is -4.69. The van der Waals surface area contributed by atoms with Gasteiger partial charge in [0.25, 0.3) is 32.5 Å². The molecule has 0 atom stereocenters. The molecule has 10 nitrogen and oxygen atoms in total. The number of hydrogen-bond acceptors (Lipinski definition) is 7. The number of benzene rings is 5. The lowest BCUT2D eigenvalue weighted by atomic mass is 9.90. The smallest absolute Gasteiger partial charge is 0.268 e. The molecule has 0 aliphatic carbocycles. The van der Waals surface area contributed by atoms with Gasteiger partial charge in [0.05, 0.1) is 45.1 Å². The number of aromatic nitrogens is 1. The van der Waals surface area contributed by atoms with E-state index >= 15 is 4.39 Å². The van der Waals surface area contributed by atoms with Crippen LogP contribution in [0.1, 0.15) is 33.5 Å². The molecule has 0 saturated heterocycles. The number of nitriles is 2. The van der Waals surface area contributed by atoms with E-state index in [-0.39, 0.29) is 66.4 Å². The number of alkyl halides is 2. The lowest BCUT2D eigenvalue weighted by Gasteiger charge is -2.17. The first-order valence-corrected chi connectivity index (χ1v) is 19.5. The zero-order valence-corrected chi connectivity index (χ0v) is 30.8. The lowest BCUT2D eigenvalue weighted by molar-refractivity contribution is 0.0803. The van der Waals surface area contributed by atoms with Crippen molar-refractivity contribution in [3.05, 3.63) is 136 Å². The van der Waals surface area contributed by atoms with Crippen molar-refractivity contribution in [2.75, 3.05) is 19.3 Å². The fourth-order valence-corrected chi connectivity index (χ4v) is 8.53. The van der Waals surface area contributed by atoms with Crippen molar-refractivity contribution in [3.63, 3.8) is 0 Å². The van der Waals surface area contributed by atoms with E-state index in [0.717, 1.165) is 45.3 Å². The van der Waals surface area contributed by atoms with Gasteiger partial charge in [0.15, 0.2) is 0 Å². The predicted octanol–water partition coefficient (Wildman–Crippen LogP) is 8.31. The molecule has 0 aliphatic rings. The van der Waals surface area contributed by atoms with E-state index in [2.05, 4.69) is 0 Å². The number of rotatable bonds is 10. The number of hydrogen-bond donors (Lipinski definition) is 1. The maximum atomic E-state index is 15.1. The lowest BCUT2D eigenvalue weighted by Crippen LogP contribution is -2.31. The van der Waals surface area contributed by atoms with E-state index in [0.29, 0.717) is 11.1 Å². The van der Waals surface area contributed by atoms with Gasteiger partial charge >= 0.3 is 0 Å². The van der Waals surface area contributed by atoms with E-state index in [1.54, 1.807) is 24.3 Å². The Hall–Kier alpha value is -5.97. The largest absolute Gasteiger partial charge is 0.341 e. The number of halogens is 4. The van der Waals surface area contributed by atoms with Crippen LogP contribution in [0.5, 0.6) is 0 Å². The Bertz CT molecular complexity index is 2800. The van der Waals surface area contributed by atoms with Crippen LogP contribution in [-0.2, 0) is 20.1 Å². The molecule has 1 aromatic heterocycles. The van der Waals surface area contributed by atoms with E-state index in [1.807, 2.05) is 12.1 Å². The number of carbonyl (C=O) groups excluding carboxylic acids is 1. The molecule has 0 unspecified atom stereocenters. The predicted molar refractivity (Wildman–Crippen MR) is 200 cm³/mol. The minimum Gasteiger partial charge on any atom is -0.341 e. The fourth-order valence-electron chi connectivity index (χ4n) is 6.19. The molecule has 16 heteroatoms. The molecule has 1 heterocycles. The van der Waals surface area contributed by atoms with Crippen molar-refractivity contribution in [3.8, 4) is 45.6 Å². The van der Waals surface area contributed by atoms with Crippen molar-refractivity contribution in [2.24, 2.45) is 0 Å². The van der Waals surface area contributed by atoms with Gasteiger partial charge in [-0.25, -0.2) is 25.6 Å². The summed E-state index contributed by atoms with van der Waals surface area (Å²) in [6.07, 6.45) is -2.87. The highest BCUT2D eigenvalue weighted by atomic mass is 35.5. The Morgan fingerprint density at radius 3 is 2.09 bits per heavy atom. The fraction of sp³-hybridized carbons (Fsp3) is 0.103. The SMILES string of the molecule is CN(CCS(=O)(=O)O)C(=O)c1ccc(-c2cccc(-c3c(-c4c(C#N)cccc4C#N)c4cc(F)ccc4n3S(=O)(=O)c3ccc(C(F)F)cc3)c2)c(Cl)c1. The Kier molecular flexibility index (Phi) is 10.6. The monoisotopic (exact) mass is 802 g/mol. The molecule has 6 aromatic rings. The summed E-state index contributed by atoms with van der Waals surface area (Å²) in [5, 5.41) is 20.5. The first-order chi connectivity index (χ1) is 26.0. The zero-order valence-electron chi connectivity index (χ0n) is 28.4. The van der Waals surface area contributed by atoms with Gasteiger partial charge in [-0.15, -0.1) is 0 Å². The van der Waals surface area contributed by atoms with Gasteiger partial charge in [-0.1, -0.05) is 54.1 Å². The second-order valence-electron chi connectivity index (χ2n) is 12.3. The normalized spacial score (nSPS) is 11.7. The second-order valence-corrected chi connectivity index (χ2v) is 16.0. The van der Waals surface area contributed by atoms with Crippen LogP contribution in [0.15, 0.2) is 108 Å². The van der Waals surface area contributed by atoms with Gasteiger partial charge in [0.1, 0.15) is 5.82 Å². The average molecular weight is 803 g/mol. The molecular weight excluding hydrogens is 777 g/mol. The van der Waals surface area contributed by atoms with Crippen LogP contribution in [0.3, 0.4) is 0 Å². The van der Waals surface area contributed by atoms with Crippen LogP contribution in [-0.4, -0.2) is 55.5 Å². The first kappa shape index (κ1) is 38.7. The Morgan fingerprint density at radius 1 is 0.855 bits per heavy atom. The molecule has 0 radical (unpaired) electrons. The van der Waals surface area contributed by atoms with Crippen molar-refractivity contribution in [1.29, 1.82) is 10.5 Å². The van der Waals surface area contributed by atoms with Gasteiger partial charge in [0.2, 0.25) is 0 Å². The average Bonchev–Trinajstić information content (AvgIpc) is 3.50. The van der Waals surface area contributed by atoms with E-state index in [9.17, 15) is 40.9 Å². The third-order valence-electron chi connectivity index (χ3n) is 8.81. The minimum absolute atomic E-state index is 0.0108. The summed E-state index contributed by atoms with van der Waals surface area (Å²) in [5.41, 5.74) is 0.628. The van der Waals surface area contributed by atoms with Crippen molar-refractivity contribution in [1.82, 2.24) is 8.87 Å². The highest BCUT2D eigenvalue weighted by Gasteiger charge is 2.31. The maximum absolute atomic E-state index is 15.1. The molecule has 278 valence electrons. The molecule has 55 heavy (non-hydrogen) atoms. The van der Waals surface area contributed by atoms with Crippen molar-refractivity contribution in [2.45, 2.75) is 11.3 Å². The zero-order chi connectivity index (χ0) is 39.8. The summed E-state index contributed by atoms with van der Waals surface area (Å²) in [6.45, 7) is -0.291. The summed E-state index contributed by atoms with van der Waals surface area (Å²) in [4.78, 5) is 13.7. The maximum Gasteiger partial charge on any atom is 0.268 e. The number of fused-ring (bicyclic) bond motifs is 1. The Morgan fingerprint density at radius 2 is 1.49 bits per heavy atom. The summed E-state index contributed by atoms with van der Waals surface area (Å²) in [5.74, 6) is -2.00. The molecule has 0 bridgehead atoms. The summed E-state index contributed by atoms with van der Waals surface area (Å²) < 4.78 is 104. The second kappa shape index (κ2) is 15.0. The number of nitrogens with zero attached hydrogens (tertiary/aromatic N) is 4. The van der Waals surface area contributed by atoms with E-state index in [1.165, 1.54) is 49.5 Å². The van der Waals surface area contributed by atoms with E-state index < -0.39 is 49.6 Å². The van der Waals surface area contributed by atoms with Crippen molar-refractivity contribution >= 4 is 48.6 Å². The Balaban J connectivity index is 1.62. The van der Waals surface area contributed by atoms with Gasteiger partial charge in [-0.3, -0.25) is 9.35 Å². The third kappa shape index (κ3) is 7.56. The first-order valence-electron chi connectivity index (χ1n) is 16.1. The highest BCUT2D eigenvalue weighted by molar-refractivity contribution is 7.90. The van der Waals surface area contributed by atoms with Gasteiger partial charge in [0, 0.05) is 57.4 Å². The van der Waals surface area contributed by atoms with Gasteiger partial charge in [-0.2, -0.15) is 18.9 Å². The van der Waals surface area contributed by atoms with Crippen LogP contribution >= 0.6 is 11.6 Å². The molecule has 1 N–H and O–H groups in total. The van der Waals surface area contributed by atoms with Gasteiger partial charge < -0.3 is 4.90 Å². The standard InChI is InChI=1S/C39H26ClF3N4O6S2/c1-46(16-17-54(49,50)51)39(48)26-10-14-31(33(40)19-26)24-4-2-5-25(18-24)37-36(35-27(21-44)6-3-7-28(35)22-45)32-20-29(41)11-15-34(32)47(37)55(52,53)30-12-8-23(9-13-30)38(42)43/h2-15,18-20,38H,16-17H2,1H3,(H,49,50,51). The van der Waals surface area contributed by atoms with Crippen LogP contribution in [0.4, 0.5) is 13.2 Å². The van der Waals surface area contributed by atoms with Crippen LogP contribution in [0.2, 0.25) is 5.02 Å². The van der Waals surface area contributed by atoms with E-state index in [4.69, 9.17) is 16.2 Å². The molecule has 0 saturated carbocycles. The van der Waals surface area contributed by atoms with Crippen LogP contribution < -0.4 is 0 Å². The van der Waals surface area contributed by atoms with Crippen LogP contribution in [0.25, 0.3) is 44.4 Å². The number of amides is 1. The molecule has 6 rings (SSSR count). The quantitative estimate of drug-likeness (QED) is 0.135. The molecule has 0 spiro atoms. The summed E-state index contributed by atoms with van der Waals surface area (Å²) >= 11 is 6.69. The number of carbonyl (C=O) groups is 1. The summed E-state index contributed by atoms with van der Waals surface area (Å²) in [6, 6.07) is 26.5. The van der Waals surface area contributed by atoms with Crippen LogP contribution in [0, 0.1) is 28.5 Å².